The summed E-state index contributed by atoms with van der Waals surface area (Å²) < 4.78 is 3.81. The number of nitrogens with zero attached hydrogens (tertiary/aromatic N) is 5. The average Bonchev–Trinajstić information content (AvgIpc) is 3.18. The van der Waals surface area contributed by atoms with Crippen LogP contribution in [0.25, 0.3) is 22.6 Å². The molecule has 0 radical (unpaired) electrons. The summed E-state index contributed by atoms with van der Waals surface area (Å²) in [7, 11) is 0. The fourth-order valence-corrected chi connectivity index (χ4v) is 3.08. The van der Waals surface area contributed by atoms with Crippen molar-refractivity contribution >= 4 is 11.3 Å². The second kappa shape index (κ2) is 5.55. The molecular weight excluding hydrogens is 318 g/mol. The number of pyridine rings is 1. The highest BCUT2D eigenvalue weighted by atomic mass is 16.6. The predicted octanol–water partition coefficient (Wildman–Crippen LogP) is 3.71. The van der Waals surface area contributed by atoms with Gasteiger partial charge in [0.15, 0.2) is 5.65 Å². The van der Waals surface area contributed by atoms with E-state index in [1.54, 1.807) is 31.6 Å². The highest BCUT2D eigenvalue weighted by molar-refractivity contribution is 5.63. The van der Waals surface area contributed by atoms with Crippen LogP contribution < -0.4 is 0 Å². The zero-order valence-electron chi connectivity index (χ0n) is 13.7. The third-order valence-electron chi connectivity index (χ3n) is 4.26. The number of benzene rings is 1. The summed E-state index contributed by atoms with van der Waals surface area (Å²) >= 11 is 0. The van der Waals surface area contributed by atoms with Gasteiger partial charge in [0.1, 0.15) is 0 Å². The van der Waals surface area contributed by atoms with Crippen molar-refractivity contribution in [1.29, 1.82) is 0 Å². The maximum Gasteiger partial charge on any atom is 0.274 e. The molecule has 0 spiro atoms. The Kier molecular flexibility index (Phi) is 3.35. The lowest BCUT2D eigenvalue weighted by Gasteiger charge is -2.12. The zero-order valence-corrected chi connectivity index (χ0v) is 13.7. The van der Waals surface area contributed by atoms with E-state index in [1.165, 1.54) is 0 Å². The van der Waals surface area contributed by atoms with Crippen molar-refractivity contribution in [3.63, 3.8) is 0 Å². The van der Waals surface area contributed by atoms with E-state index >= 15 is 0 Å². The van der Waals surface area contributed by atoms with Gasteiger partial charge in [-0.1, -0.05) is 0 Å². The van der Waals surface area contributed by atoms with Crippen LogP contribution >= 0.6 is 0 Å². The lowest BCUT2D eigenvalue weighted by molar-refractivity contribution is -0.385. The van der Waals surface area contributed by atoms with Crippen LogP contribution in [0, 0.1) is 24.0 Å². The molecule has 25 heavy (non-hydrogen) atoms. The van der Waals surface area contributed by atoms with Gasteiger partial charge in [-0.2, -0.15) is 0 Å². The molecule has 0 atom stereocenters. The van der Waals surface area contributed by atoms with E-state index in [-0.39, 0.29) is 10.6 Å². The molecule has 7 nitrogen and oxygen atoms in total. The minimum atomic E-state index is -0.352. The topological polar surface area (TPSA) is 78.3 Å². The fraction of sp³-hybridized carbons (Fsp3) is 0.111. The number of hydrogen-bond donors (Lipinski definition) is 0. The van der Waals surface area contributed by atoms with Gasteiger partial charge in [-0.25, -0.2) is 9.50 Å². The van der Waals surface area contributed by atoms with Crippen molar-refractivity contribution in [3.05, 3.63) is 76.4 Å². The maximum absolute atomic E-state index is 11.3. The lowest BCUT2D eigenvalue weighted by atomic mass is 10.1. The van der Waals surface area contributed by atoms with Gasteiger partial charge < -0.3 is 0 Å². The highest BCUT2D eigenvalue weighted by Crippen LogP contribution is 2.28. The fourth-order valence-electron chi connectivity index (χ4n) is 3.08. The molecule has 4 aromatic rings. The van der Waals surface area contributed by atoms with Crippen LogP contribution in [0.1, 0.15) is 11.1 Å². The number of hydrogen-bond acceptors (Lipinski definition) is 4. The van der Waals surface area contributed by atoms with Crippen LogP contribution in [0.15, 0.2) is 55.1 Å². The minimum absolute atomic E-state index is 0.102. The number of nitro groups is 1. The van der Waals surface area contributed by atoms with Crippen molar-refractivity contribution in [1.82, 2.24) is 19.2 Å². The Bertz CT molecular complexity index is 1100. The van der Waals surface area contributed by atoms with Crippen LogP contribution in [0.5, 0.6) is 0 Å². The summed E-state index contributed by atoms with van der Waals surface area (Å²) in [6, 6.07) is 9.14. The minimum Gasteiger partial charge on any atom is -0.264 e. The Morgan fingerprint density at radius 1 is 1.12 bits per heavy atom. The molecule has 1 aromatic carbocycles. The van der Waals surface area contributed by atoms with E-state index in [4.69, 9.17) is 0 Å². The Morgan fingerprint density at radius 3 is 2.68 bits per heavy atom. The molecule has 0 bridgehead atoms. The van der Waals surface area contributed by atoms with Gasteiger partial charge in [-0.05, 0) is 37.6 Å². The number of nitro benzene ring substituents is 1. The molecular formula is C18H15N5O2. The normalized spacial score (nSPS) is 11.1. The molecule has 0 aliphatic carbocycles. The second-order valence-corrected chi connectivity index (χ2v) is 5.90. The molecule has 3 aromatic heterocycles. The number of aryl methyl sites for hydroxylation is 2. The third kappa shape index (κ3) is 2.37. The highest BCUT2D eigenvalue weighted by Gasteiger charge is 2.17. The maximum atomic E-state index is 11.3. The van der Waals surface area contributed by atoms with Gasteiger partial charge in [0.25, 0.3) is 5.69 Å². The van der Waals surface area contributed by atoms with E-state index in [1.807, 2.05) is 46.6 Å². The monoisotopic (exact) mass is 333 g/mol. The van der Waals surface area contributed by atoms with E-state index in [0.717, 1.165) is 28.2 Å². The summed E-state index contributed by atoms with van der Waals surface area (Å²) in [5, 5.41) is 11.3. The first-order chi connectivity index (χ1) is 12.1. The van der Waals surface area contributed by atoms with Crippen LogP contribution in [-0.2, 0) is 0 Å². The summed E-state index contributed by atoms with van der Waals surface area (Å²) in [6.07, 6.45) is 7.13. The summed E-state index contributed by atoms with van der Waals surface area (Å²) in [5.41, 5.74) is 5.01. The molecule has 0 aliphatic rings. The molecule has 0 amide bonds. The molecule has 0 aliphatic heterocycles. The van der Waals surface area contributed by atoms with Crippen LogP contribution in [0.3, 0.4) is 0 Å². The molecule has 4 rings (SSSR count). The quantitative estimate of drug-likeness (QED) is 0.423. The standard InChI is InChI=1S/C18H15N5O2/c1-12-8-13(2)16(23(24)25)9-15(12)21-7-5-18-20-11-17(22(18)21)14-4-3-6-19-10-14/h3-11H,1-2H3. The van der Waals surface area contributed by atoms with Gasteiger partial charge in [0.05, 0.1) is 22.5 Å². The number of aromatic nitrogens is 4. The van der Waals surface area contributed by atoms with E-state index in [9.17, 15) is 10.1 Å². The van der Waals surface area contributed by atoms with Crippen molar-refractivity contribution < 1.29 is 4.92 Å². The van der Waals surface area contributed by atoms with E-state index < -0.39 is 0 Å². The van der Waals surface area contributed by atoms with E-state index in [2.05, 4.69) is 9.97 Å². The van der Waals surface area contributed by atoms with Crippen molar-refractivity contribution in [3.8, 4) is 16.9 Å². The van der Waals surface area contributed by atoms with Gasteiger partial charge in [-0.3, -0.25) is 19.8 Å². The van der Waals surface area contributed by atoms with Crippen LogP contribution in [-0.4, -0.2) is 24.1 Å². The summed E-state index contributed by atoms with van der Waals surface area (Å²) in [4.78, 5) is 19.6. The summed E-state index contributed by atoms with van der Waals surface area (Å²) in [6.45, 7) is 3.69. The first kappa shape index (κ1) is 15.1. The molecule has 0 saturated carbocycles. The average molecular weight is 333 g/mol. The number of rotatable bonds is 3. The molecule has 3 heterocycles. The Hall–Kier alpha value is -3.48. The number of fused-ring (bicyclic) bond motifs is 1. The first-order valence-corrected chi connectivity index (χ1v) is 7.78. The third-order valence-corrected chi connectivity index (χ3v) is 4.26. The molecule has 124 valence electrons. The van der Waals surface area contributed by atoms with Gasteiger partial charge in [-0.15, -0.1) is 0 Å². The zero-order chi connectivity index (χ0) is 17.6. The molecule has 0 saturated heterocycles. The van der Waals surface area contributed by atoms with Crippen molar-refractivity contribution in [2.45, 2.75) is 13.8 Å². The van der Waals surface area contributed by atoms with Gasteiger partial charge in [0.2, 0.25) is 0 Å². The smallest absolute Gasteiger partial charge is 0.264 e. The summed E-state index contributed by atoms with van der Waals surface area (Å²) in [5.74, 6) is 0. The second-order valence-electron chi connectivity index (χ2n) is 5.90. The van der Waals surface area contributed by atoms with Crippen molar-refractivity contribution in [2.75, 3.05) is 0 Å². The molecule has 0 N–H and O–H groups in total. The first-order valence-electron chi connectivity index (χ1n) is 7.78. The molecule has 0 fully saturated rings. The largest absolute Gasteiger partial charge is 0.274 e. The van der Waals surface area contributed by atoms with E-state index in [0.29, 0.717) is 5.56 Å². The lowest BCUT2D eigenvalue weighted by Crippen LogP contribution is -2.06. The Morgan fingerprint density at radius 2 is 1.96 bits per heavy atom. The SMILES string of the molecule is Cc1cc(C)c([N+](=O)[O-])cc1-n1ccc2ncc(-c3cccnc3)n21. The van der Waals surface area contributed by atoms with Crippen LogP contribution in [0.4, 0.5) is 5.69 Å². The van der Waals surface area contributed by atoms with Gasteiger partial charge in [0, 0.05) is 41.9 Å². The van der Waals surface area contributed by atoms with Crippen molar-refractivity contribution in [2.24, 2.45) is 0 Å². The molecule has 7 heteroatoms. The Balaban J connectivity index is 1.99. The Labute approximate surface area is 143 Å². The van der Waals surface area contributed by atoms with Crippen LogP contribution in [0.2, 0.25) is 0 Å². The predicted molar refractivity (Wildman–Crippen MR) is 93.9 cm³/mol. The number of imidazole rings is 1. The van der Waals surface area contributed by atoms with Gasteiger partial charge >= 0.3 is 0 Å². The molecule has 0 unspecified atom stereocenters.